The van der Waals surface area contributed by atoms with Gasteiger partial charge in [0.15, 0.2) is 5.17 Å². The maximum absolute atomic E-state index is 9.62. The van der Waals surface area contributed by atoms with Crippen LogP contribution in [0.5, 0.6) is 0 Å². The van der Waals surface area contributed by atoms with Crippen molar-refractivity contribution in [2.75, 3.05) is 11.9 Å². The van der Waals surface area contributed by atoms with Gasteiger partial charge in [-0.2, -0.15) is 0 Å². The molecule has 0 saturated carbocycles. The third-order valence-electron chi connectivity index (χ3n) is 1.15. The minimum Gasteiger partial charge on any atom is -0.478 e. The Balaban J connectivity index is 0.000000265. The van der Waals surface area contributed by atoms with Crippen molar-refractivity contribution in [3.8, 4) is 0 Å². The van der Waals surface area contributed by atoms with E-state index in [0.717, 1.165) is 17.0 Å². The first-order chi connectivity index (χ1) is 6.77. The number of rotatable bonds is 1. The van der Waals surface area contributed by atoms with Gasteiger partial charge in [0.2, 0.25) is 0 Å². The van der Waals surface area contributed by atoms with Crippen LogP contribution in [0.15, 0.2) is 4.99 Å². The van der Waals surface area contributed by atoms with Crippen molar-refractivity contribution in [1.29, 1.82) is 0 Å². The topological polar surface area (TPSA) is 75.7 Å². The lowest BCUT2D eigenvalue weighted by Crippen LogP contribution is -2.16. The predicted molar refractivity (Wildman–Crippen MR) is 69.6 cm³/mol. The third-order valence-corrected chi connectivity index (χ3v) is 3.87. The SMILES string of the molecule is NC1=NCC(CBr)S1.O=C(O)C(Cl)(Cl)Cl. The molecule has 0 saturated heterocycles. The molecule has 4 nitrogen and oxygen atoms in total. The molecule has 1 aliphatic heterocycles. The van der Waals surface area contributed by atoms with E-state index in [-0.39, 0.29) is 0 Å². The molecule has 1 heterocycles. The first kappa shape index (κ1) is 15.6. The fourth-order valence-electron chi connectivity index (χ4n) is 0.517. The van der Waals surface area contributed by atoms with Gasteiger partial charge in [0.1, 0.15) is 0 Å². The van der Waals surface area contributed by atoms with Crippen LogP contribution in [0.1, 0.15) is 0 Å². The molecular formula is C6H8BrCl3N2O2S. The summed E-state index contributed by atoms with van der Waals surface area (Å²) in [7, 11) is 0. The summed E-state index contributed by atoms with van der Waals surface area (Å²) in [4.78, 5) is 13.6. The Morgan fingerprint density at radius 1 is 1.73 bits per heavy atom. The Bertz CT molecular complexity index is 259. The number of alkyl halides is 4. The van der Waals surface area contributed by atoms with Crippen LogP contribution >= 0.6 is 62.5 Å². The molecule has 0 radical (unpaired) electrons. The first-order valence-corrected chi connectivity index (χ1v) is 6.73. The van der Waals surface area contributed by atoms with Gasteiger partial charge in [-0.25, -0.2) is 4.79 Å². The number of hydrogen-bond donors (Lipinski definition) is 2. The molecule has 3 N–H and O–H groups in total. The molecule has 15 heavy (non-hydrogen) atoms. The van der Waals surface area contributed by atoms with Crippen molar-refractivity contribution < 1.29 is 9.90 Å². The van der Waals surface area contributed by atoms with E-state index in [1.165, 1.54) is 0 Å². The zero-order valence-electron chi connectivity index (χ0n) is 7.29. The second kappa shape index (κ2) is 7.06. The van der Waals surface area contributed by atoms with E-state index in [2.05, 4.69) is 20.9 Å². The van der Waals surface area contributed by atoms with Crippen molar-refractivity contribution >= 4 is 73.6 Å². The molecule has 0 aromatic heterocycles. The number of amidine groups is 1. The van der Waals surface area contributed by atoms with Crippen molar-refractivity contribution in [2.24, 2.45) is 10.7 Å². The summed E-state index contributed by atoms with van der Waals surface area (Å²) in [5.41, 5.74) is 5.39. The lowest BCUT2D eigenvalue weighted by Gasteiger charge is -1.99. The quantitative estimate of drug-likeness (QED) is 0.705. The van der Waals surface area contributed by atoms with Crippen LogP contribution in [0.4, 0.5) is 0 Å². The van der Waals surface area contributed by atoms with Crippen LogP contribution in [0.3, 0.4) is 0 Å². The zero-order chi connectivity index (χ0) is 12.1. The summed E-state index contributed by atoms with van der Waals surface area (Å²) < 4.78 is -2.17. The molecular weight excluding hydrogens is 350 g/mol. The van der Waals surface area contributed by atoms with Gasteiger partial charge in [-0.15, -0.1) is 0 Å². The number of hydrogen-bond acceptors (Lipinski definition) is 4. The molecule has 1 unspecified atom stereocenters. The Morgan fingerprint density at radius 3 is 2.33 bits per heavy atom. The number of carbonyl (C=O) groups is 1. The summed E-state index contributed by atoms with van der Waals surface area (Å²) in [5.74, 6) is -1.46. The fourth-order valence-corrected chi connectivity index (χ4v) is 1.82. The zero-order valence-corrected chi connectivity index (χ0v) is 12.0. The van der Waals surface area contributed by atoms with Gasteiger partial charge in [0.05, 0.1) is 6.54 Å². The monoisotopic (exact) mass is 356 g/mol. The minimum absolute atomic E-state index is 0.579. The van der Waals surface area contributed by atoms with Crippen LogP contribution in [0.25, 0.3) is 0 Å². The number of aliphatic carboxylic acids is 1. The molecule has 1 atom stereocenters. The number of thioether (sulfide) groups is 1. The van der Waals surface area contributed by atoms with E-state index in [4.69, 9.17) is 45.6 Å². The number of nitrogens with two attached hydrogens (primary N) is 1. The van der Waals surface area contributed by atoms with Crippen molar-refractivity contribution in [3.05, 3.63) is 0 Å². The van der Waals surface area contributed by atoms with E-state index in [0.29, 0.717) is 5.25 Å². The average Bonchev–Trinajstić information content (AvgIpc) is 2.50. The van der Waals surface area contributed by atoms with Crippen LogP contribution in [0.2, 0.25) is 0 Å². The molecule has 0 bridgehead atoms. The maximum Gasteiger partial charge on any atom is 0.356 e. The third kappa shape index (κ3) is 7.52. The number of carboxylic acids is 1. The van der Waals surface area contributed by atoms with E-state index in [1.807, 2.05) is 0 Å². The van der Waals surface area contributed by atoms with Gasteiger partial charge in [-0.05, 0) is 0 Å². The van der Waals surface area contributed by atoms with Crippen molar-refractivity contribution in [2.45, 2.75) is 9.04 Å². The molecule has 0 amide bonds. The first-order valence-electron chi connectivity index (χ1n) is 3.60. The van der Waals surface area contributed by atoms with Crippen molar-refractivity contribution in [3.63, 3.8) is 0 Å². The highest BCUT2D eigenvalue weighted by Gasteiger charge is 2.29. The molecule has 0 aromatic rings. The molecule has 0 aliphatic carbocycles. The lowest BCUT2D eigenvalue weighted by molar-refractivity contribution is -0.135. The molecule has 88 valence electrons. The summed E-state index contributed by atoms with van der Waals surface area (Å²) >= 11 is 19.4. The number of carboxylic acid groups (broad SMARTS) is 1. The van der Waals surface area contributed by atoms with Gasteiger partial charge in [0, 0.05) is 10.6 Å². The minimum atomic E-state index is -2.17. The Labute approximate surface area is 115 Å². The van der Waals surface area contributed by atoms with Gasteiger partial charge in [-0.1, -0.05) is 62.5 Å². The molecule has 1 rings (SSSR count). The van der Waals surface area contributed by atoms with Gasteiger partial charge >= 0.3 is 5.97 Å². The standard InChI is InChI=1S/C4H7BrN2S.C2HCl3O2/c5-1-3-2-7-4(6)8-3;3-2(4,5)1(6)7/h3H,1-2H2,(H2,6,7);(H,6,7). The second-order valence-electron chi connectivity index (χ2n) is 2.38. The van der Waals surface area contributed by atoms with Crippen molar-refractivity contribution in [1.82, 2.24) is 0 Å². The van der Waals surface area contributed by atoms with E-state index < -0.39 is 9.76 Å². The number of halogens is 4. The van der Waals surface area contributed by atoms with Gasteiger partial charge in [-0.3, -0.25) is 4.99 Å². The van der Waals surface area contributed by atoms with Crippen LogP contribution in [-0.4, -0.2) is 37.2 Å². The summed E-state index contributed by atoms with van der Waals surface area (Å²) in [5, 5.41) is 10.2. The number of aliphatic imine (C=N–C) groups is 1. The highest BCUT2D eigenvalue weighted by atomic mass is 79.9. The van der Waals surface area contributed by atoms with Crippen LogP contribution < -0.4 is 5.73 Å². The van der Waals surface area contributed by atoms with Gasteiger partial charge < -0.3 is 10.8 Å². The van der Waals surface area contributed by atoms with E-state index in [1.54, 1.807) is 11.8 Å². The van der Waals surface area contributed by atoms with Crippen LogP contribution in [0, 0.1) is 0 Å². The fraction of sp³-hybridized carbons (Fsp3) is 0.667. The normalized spacial score (nSPS) is 20.3. The molecule has 9 heteroatoms. The summed E-state index contributed by atoms with van der Waals surface area (Å²) in [6.45, 7) is 0.877. The summed E-state index contributed by atoms with van der Waals surface area (Å²) in [6, 6.07) is 0. The van der Waals surface area contributed by atoms with Gasteiger partial charge in [0.25, 0.3) is 3.79 Å². The second-order valence-corrected chi connectivity index (χ2v) is 6.63. The highest BCUT2D eigenvalue weighted by molar-refractivity contribution is 9.09. The highest BCUT2D eigenvalue weighted by Crippen LogP contribution is 2.25. The lowest BCUT2D eigenvalue weighted by atomic mass is 10.5. The number of nitrogens with zero attached hydrogens (tertiary/aromatic N) is 1. The largest absolute Gasteiger partial charge is 0.478 e. The Morgan fingerprint density at radius 2 is 2.20 bits per heavy atom. The van der Waals surface area contributed by atoms with Crippen LogP contribution in [-0.2, 0) is 4.79 Å². The molecule has 0 fully saturated rings. The van der Waals surface area contributed by atoms with E-state index >= 15 is 0 Å². The predicted octanol–water partition coefficient (Wildman–Crippen LogP) is 2.25. The molecule has 0 aromatic carbocycles. The molecule has 0 spiro atoms. The summed E-state index contributed by atoms with van der Waals surface area (Å²) in [6.07, 6.45) is 0. The Kier molecular flexibility index (Phi) is 7.36. The molecule has 1 aliphatic rings. The smallest absolute Gasteiger partial charge is 0.356 e. The Hall–Kier alpha value is 0.640. The van der Waals surface area contributed by atoms with E-state index in [9.17, 15) is 4.79 Å². The maximum atomic E-state index is 9.62. The average molecular weight is 358 g/mol.